The van der Waals surface area contributed by atoms with Gasteiger partial charge in [-0.1, -0.05) is 24.3 Å². The highest BCUT2D eigenvalue weighted by Crippen LogP contribution is 2.27. The predicted octanol–water partition coefficient (Wildman–Crippen LogP) is 2.67. The fourth-order valence-corrected chi connectivity index (χ4v) is 2.50. The van der Waals surface area contributed by atoms with Gasteiger partial charge in [-0.15, -0.1) is 0 Å². The molecule has 0 radical (unpaired) electrons. The maximum Gasteiger partial charge on any atom is 0.310 e. The summed E-state index contributed by atoms with van der Waals surface area (Å²) in [5.41, 5.74) is 3.80. The molecule has 0 aliphatic carbocycles. The zero-order valence-electron chi connectivity index (χ0n) is 14.0. The number of hydrogen-bond acceptors (Lipinski definition) is 6. The summed E-state index contributed by atoms with van der Waals surface area (Å²) in [6.45, 7) is 1.98. The largest absolute Gasteiger partial charge is 0.492 e. The summed E-state index contributed by atoms with van der Waals surface area (Å²) in [5, 5.41) is 15.2. The summed E-state index contributed by atoms with van der Waals surface area (Å²) in [4.78, 5) is 22.7. The van der Waals surface area contributed by atoms with E-state index in [1.807, 2.05) is 24.3 Å². The molecule has 8 nitrogen and oxygen atoms in total. The monoisotopic (exact) mass is 355 g/mol. The van der Waals surface area contributed by atoms with Crippen molar-refractivity contribution < 1.29 is 19.2 Å². The number of nitrogens with zero attached hydrogens (tertiary/aromatic N) is 2. The van der Waals surface area contributed by atoms with Crippen LogP contribution in [-0.4, -0.2) is 29.3 Å². The van der Waals surface area contributed by atoms with Gasteiger partial charge < -0.3 is 9.47 Å². The Kier molecular flexibility index (Phi) is 5.12. The van der Waals surface area contributed by atoms with Crippen LogP contribution < -0.4 is 14.9 Å². The van der Waals surface area contributed by atoms with Crippen molar-refractivity contribution in [3.63, 3.8) is 0 Å². The minimum Gasteiger partial charge on any atom is -0.492 e. The molecule has 8 heteroatoms. The van der Waals surface area contributed by atoms with E-state index < -0.39 is 16.9 Å². The summed E-state index contributed by atoms with van der Waals surface area (Å²) in [7, 11) is 0. The van der Waals surface area contributed by atoms with Crippen molar-refractivity contribution in [2.45, 2.75) is 19.4 Å². The number of ether oxygens (including phenoxy) is 2. The fourth-order valence-electron chi connectivity index (χ4n) is 2.50. The molecule has 1 aliphatic rings. The molecule has 0 fully saturated rings. The van der Waals surface area contributed by atoms with Crippen molar-refractivity contribution in [3.05, 3.63) is 64.2 Å². The van der Waals surface area contributed by atoms with Gasteiger partial charge in [-0.3, -0.25) is 14.9 Å². The van der Waals surface area contributed by atoms with Gasteiger partial charge in [0.2, 0.25) is 0 Å². The van der Waals surface area contributed by atoms with Gasteiger partial charge in [-0.05, 0) is 25.1 Å². The molecule has 0 bridgehead atoms. The number of fused-ring (bicyclic) bond motifs is 1. The van der Waals surface area contributed by atoms with Crippen molar-refractivity contribution in [1.29, 1.82) is 0 Å². The van der Waals surface area contributed by atoms with Crippen LogP contribution in [0, 0.1) is 10.1 Å². The number of carbonyl (C=O) groups excluding carboxylic acids is 1. The topological polar surface area (TPSA) is 103 Å². The van der Waals surface area contributed by atoms with Crippen molar-refractivity contribution in [2.75, 3.05) is 6.61 Å². The lowest BCUT2D eigenvalue weighted by Gasteiger charge is -2.19. The minimum atomic E-state index is -0.949. The first-order valence-corrected chi connectivity index (χ1v) is 8.05. The van der Waals surface area contributed by atoms with Crippen molar-refractivity contribution >= 4 is 17.3 Å². The number of nitro groups is 1. The van der Waals surface area contributed by atoms with E-state index in [1.165, 1.54) is 25.1 Å². The fraction of sp³-hybridized carbons (Fsp3) is 0.222. The van der Waals surface area contributed by atoms with Crippen LogP contribution in [0.15, 0.2) is 53.6 Å². The molecule has 1 atom stereocenters. The van der Waals surface area contributed by atoms with E-state index in [1.54, 1.807) is 6.07 Å². The first-order chi connectivity index (χ1) is 12.6. The number of nitro benzene ring substituents is 1. The van der Waals surface area contributed by atoms with E-state index in [4.69, 9.17) is 9.47 Å². The standard InChI is InChI=1S/C18H17N3O5/c1-12(26-17-9-5-3-7-15(17)21(23)24)18(22)20-19-14-10-11-25-16-8-4-2-6-13(14)16/h2-9,12H,10-11H2,1H3,(H,20,22)/b19-14+. The molecule has 0 spiro atoms. The lowest BCUT2D eigenvalue weighted by molar-refractivity contribution is -0.386. The molecule has 1 N–H and O–H groups in total. The molecule has 0 aromatic heterocycles. The van der Waals surface area contributed by atoms with E-state index in [0.29, 0.717) is 18.7 Å². The molecule has 2 aromatic carbocycles. The molecule has 1 unspecified atom stereocenters. The number of rotatable bonds is 5. The Morgan fingerprint density at radius 2 is 2.00 bits per heavy atom. The summed E-state index contributed by atoms with van der Waals surface area (Å²) in [6.07, 6.45) is -0.382. The Hall–Kier alpha value is -3.42. The average Bonchev–Trinajstić information content (AvgIpc) is 2.66. The summed E-state index contributed by atoms with van der Waals surface area (Å²) in [6, 6.07) is 13.3. The molecule has 26 heavy (non-hydrogen) atoms. The normalized spacial score (nSPS) is 15.5. The number of hydrazone groups is 1. The van der Waals surface area contributed by atoms with E-state index in [9.17, 15) is 14.9 Å². The third-order valence-corrected chi connectivity index (χ3v) is 3.83. The molecule has 3 rings (SSSR count). The Morgan fingerprint density at radius 3 is 2.81 bits per heavy atom. The van der Waals surface area contributed by atoms with E-state index >= 15 is 0 Å². The first-order valence-electron chi connectivity index (χ1n) is 8.05. The summed E-state index contributed by atoms with van der Waals surface area (Å²) < 4.78 is 11.0. The molecule has 134 valence electrons. The zero-order valence-corrected chi connectivity index (χ0v) is 14.0. The van der Waals surface area contributed by atoms with E-state index in [2.05, 4.69) is 10.5 Å². The number of benzene rings is 2. The Morgan fingerprint density at radius 1 is 1.27 bits per heavy atom. The van der Waals surface area contributed by atoms with Crippen LogP contribution in [-0.2, 0) is 4.79 Å². The molecule has 1 aliphatic heterocycles. The molecule has 1 amide bonds. The number of nitrogens with one attached hydrogen (secondary N) is 1. The first kappa shape index (κ1) is 17.4. The van der Waals surface area contributed by atoms with E-state index in [-0.39, 0.29) is 11.4 Å². The second-order valence-corrected chi connectivity index (χ2v) is 5.61. The van der Waals surface area contributed by atoms with Crippen LogP contribution in [0.4, 0.5) is 5.69 Å². The van der Waals surface area contributed by atoms with Gasteiger partial charge in [0.15, 0.2) is 11.9 Å². The van der Waals surface area contributed by atoms with Crippen molar-refractivity contribution in [2.24, 2.45) is 5.10 Å². The highest BCUT2D eigenvalue weighted by molar-refractivity contribution is 6.04. The SMILES string of the molecule is CC(Oc1ccccc1[N+](=O)[O-])C(=O)N/N=C1\CCOc2ccccc21. The van der Waals surface area contributed by atoms with Gasteiger partial charge in [0.05, 0.1) is 17.2 Å². The smallest absolute Gasteiger partial charge is 0.310 e. The van der Waals surface area contributed by atoms with Crippen LogP contribution in [0.2, 0.25) is 0 Å². The lowest BCUT2D eigenvalue weighted by Crippen LogP contribution is -2.34. The molecule has 1 heterocycles. The third-order valence-electron chi connectivity index (χ3n) is 3.83. The molecule has 0 saturated heterocycles. The van der Waals surface area contributed by atoms with Gasteiger partial charge >= 0.3 is 5.69 Å². The number of hydrogen-bond donors (Lipinski definition) is 1. The molecular weight excluding hydrogens is 338 g/mol. The minimum absolute atomic E-state index is 0.0317. The third kappa shape index (κ3) is 3.80. The van der Waals surface area contributed by atoms with Crippen LogP contribution in [0.1, 0.15) is 18.9 Å². The van der Waals surface area contributed by atoms with Gasteiger partial charge in [0.1, 0.15) is 5.75 Å². The second-order valence-electron chi connectivity index (χ2n) is 5.61. The van der Waals surface area contributed by atoms with Gasteiger partial charge in [-0.2, -0.15) is 5.10 Å². The number of para-hydroxylation sites is 3. The highest BCUT2D eigenvalue weighted by atomic mass is 16.6. The zero-order chi connectivity index (χ0) is 18.5. The van der Waals surface area contributed by atoms with Gasteiger partial charge in [0, 0.05) is 18.1 Å². The molecule has 2 aromatic rings. The Balaban J connectivity index is 1.69. The van der Waals surface area contributed by atoms with Crippen LogP contribution >= 0.6 is 0 Å². The molecular formula is C18H17N3O5. The summed E-state index contributed by atoms with van der Waals surface area (Å²) in [5.74, 6) is 0.250. The van der Waals surface area contributed by atoms with Crippen molar-refractivity contribution in [3.8, 4) is 11.5 Å². The Labute approximate surface area is 149 Å². The van der Waals surface area contributed by atoms with Crippen LogP contribution in [0.5, 0.6) is 11.5 Å². The maximum atomic E-state index is 12.2. The number of amides is 1. The van der Waals surface area contributed by atoms with Crippen LogP contribution in [0.3, 0.4) is 0 Å². The molecule has 0 saturated carbocycles. The highest BCUT2D eigenvalue weighted by Gasteiger charge is 2.21. The summed E-state index contributed by atoms with van der Waals surface area (Å²) >= 11 is 0. The van der Waals surface area contributed by atoms with Gasteiger partial charge in [0.25, 0.3) is 5.91 Å². The van der Waals surface area contributed by atoms with Crippen molar-refractivity contribution in [1.82, 2.24) is 5.43 Å². The van der Waals surface area contributed by atoms with Gasteiger partial charge in [-0.25, -0.2) is 5.43 Å². The lowest BCUT2D eigenvalue weighted by atomic mass is 10.0. The maximum absolute atomic E-state index is 12.2. The van der Waals surface area contributed by atoms with Crippen LogP contribution in [0.25, 0.3) is 0 Å². The Bertz CT molecular complexity index is 865. The number of carbonyl (C=O) groups is 1. The second kappa shape index (κ2) is 7.64. The quantitative estimate of drug-likeness (QED) is 0.656. The average molecular weight is 355 g/mol. The van der Waals surface area contributed by atoms with E-state index in [0.717, 1.165) is 11.3 Å². The predicted molar refractivity (Wildman–Crippen MR) is 94.4 cm³/mol.